The van der Waals surface area contributed by atoms with E-state index in [1.807, 2.05) is 6.08 Å². The molecule has 2 heteroatoms. The number of rotatable bonds is 0. The number of hydrogen-bond acceptors (Lipinski definition) is 2. The van der Waals surface area contributed by atoms with Gasteiger partial charge in [-0.1, -0.05) is 26.0 Å². The lowest BCUT2D eigenvalue weighted by atomic mass is 9.46. The lowest BCUT2D eigenvalue weighted by Gasteiger charge is -2.58. The number of ketones is 1. The van der Waals surface area contributed by atoms with Gasteiger partial charge >= 0.3 is 0 Å². The second-order valence-electron chi connectivity index (χ2n) is 8.60. The highest BCUT2D eigenvalue weighted by molar-refractivity contribution is 5.87. The Morgan fingerprint density at radius 3 is 2.76 bits per heavy atom. The summed E-state index contributed by atoms with van der Waals surface area (Å²) in [4.78, 5) is 12.4. The second-order valence-corrected chi connectivity index (χ2v) is 8.60. The van der Waals surface area contributed by atoms with Crippen molar-refractivity contribution < 1.29 is 9.90 Å². The first-order valence-corrected chi connectivity index (χ1v) is 8.86. The van der Waals surface area contributed by atoms with Crippen molar-refractivity contribution in [2.75, 3.05) is 0 Å². The van der Waals surface area contributed by atoms with E-state index in [-0.39, 0.29) is 16.9 Å². The zero-order valence-electron chi connectivity index (χ0n) is 13.3. The molecule has 1 N–H and O–H groups in total. The Morgan fingerprint density at radius 1 is 1.14 bits per heavy atom. The van der Waals surface area contributed by atoms with Crippen molar-refractivity contribution in [1.82, 2.24) is 0 Å². The predicted molar refractivity (Wildman–Crippen MR) is 82.6 cm³/mol. The van der Waals surface area contributed by atoms with Crippen LogP contribution in [-0.4, -0.2) is 17.0 Å². The average Bonchev–Trinajstić information content (AvgIpc) is 2.76. The average molecular weight is 288 g/mol. The molecule has 21 heavy (non-hydrogen) atoms. The van der Waals surface area contributed by atoms with E-state index in [2.05, 4.69) is 19.9 Å². The molecule has 0 saturated heterocycles. The highest BCUT2D eigenvalue weighted by atomic mass is 16.3. The van der Waals surface area contributed by atoms with E-state index in [1.54, 1.807) is 0 Å². The minimum absolute atomic E-state index is 0.0116. The van der Waals surface area contributed by atoms with Gasteiger partial charge in [0, 0.05) is 11.8 Å². The Hall–Kier alpha value is -0.630. The summed E-state index contributed by atoms with van der Waals surface area (Å²) in [5.74, 6) is 3.26. The Balaban J connectivity index is 1.68. The van der Waals surface area contributed by atoms with Gasteiger partial charge in [-0.25, -0.2) is 0 Å². The fraction of sp³-hybridized carbons (Fsp3) is 0.842. The normalized spacial score (nSPS) is 55.8. The largest absolute Gasteiger partial charge is 0.389 e. The first kappa shape index (κ1) is 14.0. The van der Waals surface area contributed by atoms with E-state index in [0.29, 0.717) is 17.6 Å². The molecular weight excluding hydrogens is 260 g/mol. The van der Waals surface area contributed by atoms with E-state index in [9.17, 15) is 9.90 Å². The molecule has 4 rings (SSSR count). The van der Waals surface area contributed by atoms with Crippen LogP contribution in [0.3, 0.4) is 0 Å². The first-order chi connectivity index (χ1) is 9.95. The standard InChI is InChI=1S/C19H28O2/c1-18-9-7-13(20)11-12(18)3-4-14-15-5-6-17(21)19(15,2)10-8-16(14)18/h7,9,12-16,20H,3-6,8,10-11H2,1-2H3/t12-,13+,14+,15+,16+,18+,19+/m1/s1. The molecule has 2 nitrogen and oxygen atoms in total. The first-order valence-electron chi connectivity index (χ1n) is 8.86. The summed E-state index contributed by atoms with van der Waals surface area (Å²) in [5.41, 5.74) is 0.247. The smallest absolute Gasteiger partial charge is 0.139 e. The van der Waals surface area contributed by atoms with Crippen LogP contribution in [0.15, 0.2) is 12.2 Å². The van der Waals surface area contributed by atoms with Crippen LogP contribution < -0.4 is 0 Å². The molecule has 0 radical (unpaired) electrons. The molecule has 0 heterocycles. The van der Waals surface area contributed by atoms with Gasteiger partial charge in [0.05, 0.1) is 6.10 Å². The fourth-order valence-corrected chi connectivity index (χ4v) is 6.56. The van der Waals surface area contributed by atoms with Crippen LogP contribution in [-0.2, 0) is 4.79 Å². The highest BCUT2D eigenvalue weighted by Crippen LogP contribution is 2.64. The minimum Gasteiger partial charge on any atom is -0.389 e. The van der Waals surface area contributed by atoms with E-state index in [0.717, 1.165) is 37.5 Å². The summed E-state index contributed by atoms with van der Waals surface area (Å²) in [7, 11) is 0. The summed E-state index contributed by atoms with van der Waals surface area (Å²) in [6.45, 7) is 4.68. The fourth-order valence-electron chi connectivity index (χ4n) is 6.56. The summed E-state index contributed by atoms with van der Waals surface area (Å²) < 4.78 is 0. The molecule has 4 aliphatic rings. The monoisotopic (exact) mass is 288 g/mol. The maximum atomic E-state index is 12.4. The van der Waals surface area contributed by atoms with Gasteiger partial charge in [-0.05, 0) is 67.6 Å². The number of Topliss-reactive ketones (excluding diaryl/α,β-unsaturated/α-hetero) is 1. The van der Waals surface area contributed by atoms with Gasteiger partial charge in [-0.3, -0.25) is 4.79 Å². The Labute approximate surface area is 128 Å². The highest BCUT2D eigenvalue weighted by Gasteiger charge is 2.59. The van der Waals surface area contributed by atoms with Gasteiger partial charge in [-0.15, -0.1) is 0 Å². The SMILES string of the molecule is C[C@]12C=C[C@H](O)C[C@H]1CC[C@@H]1[C@@H]2CC[C@]2(C)C(=O)CC[C@@H]12. The lowest BCUT2D eigenvalue weighted by molar-refractivity contribution is -0.134. The van der Waals surface area contributed by atoms with Gasteiger partial charge < -0.3 is 5.11 Å². The number of fused-ring (bicyclic) bond motifs is 5. The molecule has 116 valence electrons. The summed E-state index contributed by atoms with van der Waals surface area (Å²) in [5, 5.41) is 9.95. The zero-order chi connectivity index (χ0) is 14.8. The van der Waals surface area contributed by atoms with E-state index >= 15 is 0 Å². The number of carbonyl (C=O) groups excluding carboxylic acids is 1. The number of allylic oxidation sites excluding steroid dienone is 1. The lowest BCUT2D eigenvalue weighted by Crippen LogP contribution is -2.52. The zero-order valence-corrected chi connectivity index (χ0v) is 13.3. The Kier molecular flexibility index (Phi) is 2.96. The van der Waals surface area contributed by atoms with Crippen molar-refractivity contribution in [3.05, 3.63) is 12.2 Å². The van der Waals surface area contributed by atoms with Gasteiger partial charge in [0.2, 0.25) is 0 Å². The van der Waals surface area contributed by atoms with Crippen LogP contribution in [0, 0.1) is 34.5 Å². The van der Waals surface area contributed by atoms with Gasteiger partial charge in [-0.2, -0.15) is 0 Å². The van der Waals surface area contributed by atoms with Crippen LogP contribution in [0.2, 0.25) is 0 Å². The molecule has 0 bridgehead atoms. The molecule has 7 atom stereocenters. The maximum absolute atomic E-state index is 12.4. The molecule has 0 amide bonds. The quantitative estimate of drug-likeness (QED) is 0.690. The molecule has 0 aliphatic heterocycles. The molecule has 0 unspecified atom stereocenters. The maximum Gasteiger partial charge on any atom is 0.139 e. The van der Waals surface area contributed by atoms with Crippen molar-refractivity contribution in [1.29, 1.82) is 0 Å². The van der Waals surface area contributed by atoms with Crippen LogP contribution in [0.5, 0.6) is 0 Å². The van der Waals surface area contributed by atoms with Gasteiger partial charge in [0.25, 0.3) is 0 Å². The van der Waals surface area contributed by atoms with Crippen LogP contribution in [0.4, 0.5) is 0 Å². The number of hydrogen-bond donors (Lipinski definition) is 1. The second kappa shape index (κ2) is 4.44. The summed E-state index contributed by atoms with van der Waals surface area (Å²) in [6, 6.07) is 0. The third-order valence-corrected chi connectivity index (χ3v) is 7.88. The molecule has 0 aromatic rings. The van der Waals surface area contributed by atoms with Crippen molar-refractivity contribution in [3.63, 3.8) is 0 Å². The van der Waals surface area contributed by atoms with E-state index in [4.69, 9.17) is 0 Å². The van der Waals surface area contributed by atoms with E-state index in [1.165, 1.54) is 19.3 Å². The van der Waals surface area contributed by atoms with Crippen molar-refractivity contribution in [2.45, 2.75) is 64.9 Å². The number of aliphatic hydroxyl groups is 1. The van der Waals surface area contributed by atoms with Gasteiger partial charge in [0.15, 0.2) is 0 Å². The molecule has 0 spiro atoms. The van der Waals surface area contributed by atoms with Crippen LogP contribution in [0.1, 0.15) is 58.8 Å². The molecule has 3 saturated carbocycles. The Morgan fingerprint density at radius 2 is 1.95 bits per heavy atom. The third-order valence-electron chi connectivity index (χ3n) is 7.88. The van der Waals surface area contributed by atoms with E-state index < -0.39 is 0 Å². The van der Waals surface area contributed by atoms with Crippen molar-refractivity contribution >= 4 is 5.78 Å². The molecule has 0 aromatic carbocycles. The molecule has 3 fully saturated rings. The van der Waals surface area contributed by atoms with Crippen molar-refractivity contribution in [2.24, 2.45) is 34.5 Å². The van der Waals surface area contributed by atoms with Crippen LogP contribution in [0.25, 0.3) is 0 Å². The predicted octanol–water partition coefficient (Wildman–Crippen LogP) is 3.74. The number of carbonyl (C=O) groups is 1. The van der Waals surface area contributed by atoms with Crippen LogP contribution >= 0.6 is 0 Å². The number of aliphatic hydroxyl groups excluding tert-OH is 1. The van der Waals surface area contributed by atoms with Crippen molar-refractivity contribution in [3.8, 4) is 0 Å². The Bertz CT molecular complexity index is 496. The molecular formula is C19H28O2. The topological polar surface area (TPSA) is 37.3 Å². The third kappa shape index (κ3) is 1.78. The minimum atomic E-state index is -0.235. The molecule has 0 aromatic heterocycles. The summed E-state index contributed by atoms with van der Waals surface area (Å²) in [6.07, 6.45) is 11.8. The molecule has 4 aliphatic carbocycles. The van der Waals surface area contributed by atoms with Gasteiger partial charge in [0.1, 0.15) is 5.78 Å². The summed E-state index contributed by atoms with van der Waals surface area (Å²) >= 11 is 0.